The maximum atomic E-state index is 13.3. The first-order valence-corrected chi connectivity index (χ1v) is 11.4. The summed E-state index contributed by atoms with van der Waals surface area (Å²) in [6.45, 7) is 9.12. The summed E-state index contributed by atoms with van der Waals surface area (Å²) in [6.07, 6.45) is -2.86. The Morgan fingerprint density at radius 3 is 2.24 bits per heavy atom. The molecule has 1 aliphatic heterocycles. The minimum atomic E-state index is -1.85. The molecule has 0 aromatic heterocycles. The van der Waals surface area contributed by atoms with Gasteiger partial charge in [-0.3, -0.25) is 9.59 Å². The Morgan fingerprint density at radius 1 is 1.24 bits per heavy atom. The largest absolute Gasteiger partial charge is 0.459 e. The number of carbonyl (C=O) groups excluding carboxylic acids is 2. The molecule has 1 saturated heterocycles. The van der Waals surface area contributed by atoms with Gasteiger partial charge in [0.05, 0.1) is 24.2 Å². The third-order valence-corrected chi connectivity index (χ3v) is 8.67. The Balaban J connectivity index is 0.00000289. The minimum absolute atomic E-state index is 0. The molecule has 1 unspecified atom stereocenters. The van der Waals surface area contributed by atoms with Gasteiger partial charge in [0, 0.05) is 118 Å². The summed E-state index contributed by atoms with van der Waals surface area (Å²) in [5.41, 5.74) is -5.38. The molecule has 3 aliphatic rings. The van der Waals surface area contributed by atoms with Crippen molar-refractivity contribution >= 4 is 23.4 Å². The van der Waals surface area contributed by atoms with Gasteiger partial charge in [0.2, 0.25) is 0 Å². The monoisotopic (exact) mass is 928 g/mol. The summed E-state index contributed by atoms with van der Waals surface area (Å²) < 4.78 is 11.3. The van der Waals surface area contributed by atoms with Crippen molar-refractivity contribution < 1.29 is 128 Å². The van der Waals surface area contributed by atoms with Crippen molar-refractivity contribution in [3.63, 3.8) is 0 Å². The van der Waals surface area contributed by atoms with Crippen LogP contribution in [0.25, 0.3) is 0 Å². The molecule has 0 spiro atoms. The molecule has 0 amide bonds. The van der Waals surface area contributed by atoms with E-state index in [1.807, 2.05) is 0 Å². The molecule has 2 aliphatic carbocycles. The van der Waals surface area contributed by atoms with Gasteiger partial charge >= 0.3 is 5.97 Å². The summed E-state index contributed by atoms with van der Waals surface area (Å²) in [7, 11) is 0. The average molecular weight is 929 g/mol. The third-order valence-electron chi connectivity index (χ3n) is 8.04. The van der Waals surface area contributed by atoms with Gasteiger partial charge in [0.25, 0.3) is 0 Å². The smallest absolute Gasteiger partial charge is 0.303 e. The van der Waals surface area contributed by atoms with Crippen LogP contribution in [0, 0.1) is 105 Å². The first kappa shape index (κ1) is 33.9. The van der Waals surface area contributed by atoms with Gasteiger partial charge in [-0.05, 0) is 25.8 Å². The maximum Gasteiger partial charge on any atom is 0.303 e. The van der Waals surface area contributed by atoms with E-state index in [2.05, 4.69) is 0 Å². The summed E-state index contributed by atoms with van der Waals surface area (Å²) >= 11 is 6.69. The van der Waals surface area contributed by atoms with E-state index >= 15 is 0 Å². The number of carbonyl (C=O) groups is 2. The zero-order valence-corrected chi connectivity index (χ0v) is 30.9. The second kappa shape index (κ2) is 11.5. The summed E-state index contributed by atoms with van der Waals surface area (Å²) in [5.74, 6) is -2.54. The Labute approximate surface area is 277 Å². The van der Waals surface area contributed by atoms with Gasteiger partial charge < -0.3 is 29.9 Å². The van der Waals surface area contributed by atoms with Crippen molar-refractivity contribution in [1.82, 2.24) is 0 Å². The number of alkyl halides is 1. The Hall–Kier alpha value is 1.85. The molecule has 0 aromatic rings. The number of ketones is 1. The molecule has 3 rings (SSSR count). The van der Waals surface area contributed by atoms with Gasteiger partial charge in [-0.1, -0.05) is 26.8 Å². The van der Waals surface area contributed by atoms with Gasteiger partial charge in [-0.15, -0.1) is 11.6 Å². The number of aliphatic hydroxyl groups is 4. The number of fused-ring (bicyclic) bond motifs is 1. The predicted octanol–water partition coefficient (Wildman–Crippen LogP) is 1.10. The van der Waals surface area contributed by atoms with Crippen molar-refractivity contribution in [3.8, 4) is 0 Å². The van der Waals surface area contributed by atoms with Crippen LogP contribution in [0.3, 0.4) is 0 Å². The standard InChI is InChI=1S/C23H35ClO8.2Ac/c1-11-8-20(4,5)23(30,9-14(11)27)19(32-13(3)26)17-21(6,18(28)12(2)25)15(24)7-16-22(17,29)10-31-16;;/h8,12,14-17,19,25,27,29-30H,7,9-10H2,1-6H3;;/t12-,14+,15+,16-,17?,19+,21-,22+,23-;;/m1../s1. The number of aliphatic hydroxyl groups excluding tert-OH is 2. The molecule has 0 bridgehead atoms. The van der Waals surface area contributed by atoms with Crippen molar-refractivity contribution in [3.05, 3.63) is 11.6 Å². The molecular formula is C23H35Ac2ClO8. The summed E-state index contributed by atoms with van der Waals surface area (Å²) in [5, 5.41) is 43.7. The van der Waals surface area contributed by atoms with Crippen molar-refractivity contribution in [2.24, 2.45) is 16.7 Å². The van der Waals surface area contributed by atoms with Crippen LogP contribution in [0.1, 0.15) is 54.4 Å². The van der Waals surface area contributed by atoms with E-state index in [0.29, 0.717) is 5.57 Å². The molecule has 34 heavy (non-hydrogen) atoms. The Bertz CT molecular complexity index is 836. The van der Waals surface area contributed by atoms with Crippen LogP contribution < -0.4 is 0 Å². The van der Waals surface area contributed by atoms with Crippen LogP contribution in [0.15, 0.2) is 11.6 Å². The van der Waals surface area contributed by atoms with Crippen LogP contribution in [0.4, 0.5) is 0 Å². The topological polar surface area (TPSA) is 134 Å². The van der Waals surface area contributed by atoms with E-state index in [0.717, 1.165) is 0 Å². The number of Topliss-reactive ketones (excluding diaryl/α,β-unsaturated/α-hetero) is 1. The molecule has 2 fully saturated rings. The molecule has 1 saturated carbocycles. The molecule has 11 heteroatoms. The van der Waals surface area contributed by atoms with E-state index in [1.165, 1.54) is 20.8 Å². The first-order valence-electron chi connectivity index (χ1n) is 11.0. The number of rotatable bonds is 5. The van der Waals surface area contributed by atoms with Crippen LogP contribution in [0.2, 0.25) is 0 Å². The molecule has 2 radical (unpaired) electrons. The fourth-order valence-corrected chi connectivity index (χ4v) is 6.43. The number of halogens is 1. The molecule has 188 valence electrons. The Morgan fingerprint density at radius 2 is 1.79 bits per heavy atom. The molecule has 1 heterocycles. The zero-order chi connectivity index (χ0) is 24.4. The number of hydrogen-bond donors (Lipinski definition) is 4. The van der Waals surface area contributed by atoms with E-state index < -0.39 is 69.5 Å². The Kier molecular flexibility index (Phi) is 11.5. The van der Waals surface area contributed by atoms with Gasteiger partial charge in [0.1, 0.15) is 23.4 Å². The number of ether oxygens (including phenoxy) is 2. The zero-order valence-electron chi connectivity index (χ0n) is 20.6. The van der Waals surface area contributed by atoms with Crippen molar-refractivity contribution in [2.45, 2.75) is 95.4 Å². The van der Waals surface area contributed by atoms with Crippen LogP contribution in [0.5, 0.6) is 0 Å². The predicted molar refractivity (Wildman–Crippen MR) is 116 cm³/mol. The molecule has 9 atom stereocenters. The van der Waals surface area contributed by atoms with Gasteiger partial charge in [-0.2, -0.15) is 0 Å². The second-order valence-electron chi connectivity index (χ2n) is 10.6. The SMILES string of the molecule is CC(=O)O[C@@H](C1[C@]2(O)CO[C@@H]2C[C@H](Cl)[C@@]1(C)C(=O)[C@@H](C)O)[C@]1(O)C[C@H](O)C(C)=CC1(C)C.[Ac].[Ac]. The minimum Gasteiger partial charge on any atom is -0.459 e. The molecule has 4 N–H and O–H groups in total. The summed E-state index contributed by atoms with van der Waals surface area (Å²) in [6, 6.07) is 0. The van der Waals surface area contributed by atoms with Crippen LogP contribution in [-0.4, -0.2) is 79.8 Å². The normalized spacial score (nSPS) is 42.4. The van der Waals surface area contributed by atoms with Crippen molar-refractivity contribution in [2.75, 3.05) is 6.61 Å². The number of hydrogen-bond acceptors (Lipinski definition) is 8. The maximum absolute atomic E-state index is 13.3. The average Bonchev–Trinajstić information content (AvgIpc) is 2.66. The first-order chi connectivity index (χ1) is 14.5. The second-order valence-corrected chi connectivity index (χ2v) is 11.1. The summed E-state index contributed by atoms with van der Waals surface area (Å²) in [4.78, 5) is 25.6. The molecule has 8 nitrogen and oxygen atoms in total. The fourth-order valence-electron chi connectivity index (χ4n) is 6.03. The van der Waals surface area contributed by atoms with Crippen LogP contribution in [-0.2, 0) is 19.1 Å². The number of esters is 1. The van der Waals surface area contributed by atoms with E-state index in [9.17, 15) is 30.0 Å². The quantitative estimate of drug-likeness (QED) is 0.183. The van der Waals surface area contributed by atoms with Gasteiger partial charge in [-0.25, -0.2) is 0 Å². The third kappa shape index (κ3) is 5.32. The molecule has 0 aromatic carbocycles. The van der Waals surface area contributed by atoms with E-state index in [-0.39, 0.29) is 108 Å². The van der Waals surface area contributed by atoms with Crippen LogP contribution >= 0.6 is 11.6 Å². The molecular weight excluding hydrogens is 894 g/mol. The van der Waals surface area contributed by atoms with Gasteiger partial charge in [0.15, 0.2) is 5.78 Å². The van der Waals surface area contributed by atoms with E-state index in [4.69, 9.17) is 21.1 Å². The van der Waals surface area contributed by atoms with E-state index in [1.54, 1.807) is 26.8 Å². The van der Waals surface area contributed by atoms with Crippen molar-refractivity contribution in [1.29, 1.82) is 0 Å². The fraction of sp³-hybridized carbons (Fsp3) is 0.826.